The standard InChI is InChI=1S/C7H9N/c1-5-2-7(1,5)3-6-4-8-6/h1,6,8H,2-4H2. The summed E-state index contributed by atoms with van der Waals surface area (Å²) >= 11 is 0. The van der Waals surface area contributed by atoms with Crippen LogP contribution in [-0.4, -0.2) is 12.6 Å². The third kappa shape index (κ3) is 0.324. The van der Waals surface area contributed by atoms with Crippen molar-refractivity contribution in [3.8, 4) is 0 Å². The second-order valence-electron chi connectivity index (χ2n) is 3.31. The van der Waals surface area contributed by atoms with E-state index in [4.69, 9.17) is 0 Å². The lowest BCUT2D eigenvalue weighted by Crippen LogP contribution is -1.96. The van der Waals surface area contributed by atoms with E-state index in [0.29, 0.717) is 0 Å². The molecule has 1 nitrogen and oxygen atoms in total. The molecule has 0 radical (unpaired) electrons. The normalized spacial score (nSPS) is 54.5. The summed E-state index contributed by atoms with van der Waals surface area (Å²) in [5.41, 5.74) is 2.47. The minimum atomic E-state index is 0.730. The van der Waals surface area contributed by atoms with Crippen molar-refractivity contribution in [1.82, 2.24) is 5.32 Å². The van der Waals surface area contributed by atoms with Gasteiger partial charge in [0.25, 0.3) is 0 Å². The Labute approximate surface area is 48.8 Å². The lowest BCUT2D eigenvalue weighted by atomic mass is 10.1. The van der Waals surface area contributed by atoms with Crippen LogP contribution in [0.1, 0.15) is 12.8 Å². The highest BCUT2D eigenvalue weighted by atomic mass is 15.1. The fourth-order valence-corrected chi connectivity index (χ4v) is 1.49. The number of fused-ring (bicyclic) bond motifs is 1. The smallest absolute Gasteiger partial charge is 0.0204 e. The van der Waals surface area contributed by atoms with Gasteiger partial charge in [0.15, 0.2) is 0 Å². The van der Waals surface area contributed by atoms with Gasteiger partial charge in [-0.2, -0.15) is 0 Å². The molecule has 0 spiro atoms. The van der Waals surface area contributed by atoms with Crippen LogP contribution in [0.15, 0.2) is 11.6 Å². The monoisotopic (exact) mass is 107 g/mol. The predicted molar refractivity (Wildman–Crippen MR) is 31.5 cm³/mol. The molecule has 2 fully saturated rings. The molecule has 0 aromatic carbocycles. The summed E-state index contributed by atoms with van der Waals surface area (Å²) in [5, 5.41) is 3.32. The highest BCUT2D eigenvalue weighted by molar-refractivity contribution is 5.56. The highest BCUT2D eigenvalue weighted by Gasteiger charge is 2.60. The predicted octanol–water partition coefficient (Wildman–Crippen LogP) is 0.678. The minimum Gasteiger partial charge on any atom is -0.311 e. The maximum absolute atomic E-state index is 3.32. The Morgan fingerprint density at radius 1 is 1.88 bits per heavy atom. The van der Waals surface area contributed by atoms with E-state index in [1.807, 2.05) is 0 Å². The average Bonchev–Trinajstić information content (AvgIpc) is 2.28. The van der Waals surface area contributed by atoms with E-state index in [1.54, 1.807) is 5.57 Å². The van der Waals surface area contributed by atoms with Gasteiger partial charge in [-0.3, -0.25) is 0 Å². The molecule has 0 aromatic rings. The van der Waals surface area contributed by atoms with E-state index >= 15 is 0 Å². The molecule has 2 unspecified atom stereocenters. The summed E-state index contributed by atoms with van der Waals surface area (Å²) < 4.78 is 0. The number of hydrogen-bond donors (Lipinski definition) is 1. The molecule has 2 aliphatic carbocycles. The van der Waals surface area contributed by atoms with Gasteiger partial charge < -0.3 is 5.32 Å². The van der Waals surface area contributed by atoms with E-state index < -0.39 is 0 Å². The Hall–Kier alpha value is -0.300. The molecule has 1 saturated carbocycles. The zero-order valence-corrected chi connectivity index (χ0v) is 4.78. The molecule has 1 heteroatoms. The maximum atomic E-state index is 3.32. The molecular formula is C7H9N. The van der Waals surface area contributed by atoms with Gasteiger partial charge in [-0.1, -0.05) is 11.6 Å². The van der Waals surface area contributed by atoms with Gasteiger partial charge in [0.05, 0.1) is 0 Å². The van der Waals surface area contributed by atoms with Crippen LogP contribution < -0.4 is 5.32 Å². The fraction of sp³-hybridized carbons (Fsp3) is 0.714. The van der Waals surface area contributed by atoms with Crippen LogP contribution in [0.5, 0.6) is 0 Å². The first-order valence-electron chi connectivity index (χ1n) is 3.35. The van der Waals surface area contributed by atoms with Gasteiger partial charge in [0, 0.05) is 18.0 Å². The van der Waals surface area contributed by atoms with Crippen molar-refractivity contribution in [3.63, 3.8) is 0 Å². The minimum absolute atomic E-state index is 0.730. The molecule has 1 N–H and O–H groups in total. The maximum Gasteiger partial charge on any atom is 0.0204 e. The van der Waals surface area contributed by atoms with Gasteiger partial charge in [0.1, 0.15) is 0 Å². The number of rotatable bonds is 2. The van der Waals surface area contributed by atoms with E-state index in [0.717, 1.165) is 11.5 Å². The third-order valence-corrected chi connectivity index (χ3v) is 2.49. The topological polar surface area (TPSA) is 21.9 Å². The third-order valence-electron chi connectivity index (χ3n) is 2.49. The van der Waals surface area contributed by atoms with E-state index in [-0.39, 0.29) is 0 Å². The molecule has 3 aliphatic rings. The summed E-state index contributed by atoms with van der Waals surface area (Å²) in [6, 6.07) is 0.895. The van der Waals surface area contributed by atoms with Gasteiger partial charge in [-0.05, 0) is 12.8 Å². The van der Waals surface area contributed by atoms with E-state index in [9.17, 15) is 0 Å². The first-order valence-corrected chi connectivity index (χ1v) is 3.35. The molecule has 0 aromatic heterocycles. The molecule has 0 amide bonds. The van der Waals surface area contributed by atoms with Crippen LogP contribution in [0, 0.1) is 5.41 Å². The average molecular weight is 107 g/mol. The number of hydrogen-bond acceptors (Lipinski definition) is 1. The van der Waals surface area contributed by atoms with Crippen LogP contribution in [0.2, 0.25) is 0 Å². The second kappa shape index (κ2) is 0.781. The van der Waals surface area contributed by atoms with Crippen molar-refractivity contribution >= 4 is 0 Å². The first-order chi connectivity index (χ1) is 3.89. The van der Waals surface area contributed by atoms with Crippen molar-refractivity contribution < 1.29 is 0 Å². The van der Waals surface area contributed by atoms with E-state index in [2.05, 4.69) is 11.4 Å². The van der Waals surface area contributed by atoms with Crippen LogP contribution in [0.25, 0.3) is 0 Å². The van der Waals surface area contributed by atoms with Crippen LogP contribution in [-0.2, 0) is 0 Å². The van der Waals surface area contributed by atoms with Crippen molar-refractivity contribution in [2.24, 2.45) is 5.41 Å². The first kappa shape index (κ1) is 3.67. The Morgan fingerprint density at radius 2 is 2.50 bits per heavy atom. The molecule has 1 aliphatic heterocycles. The van der Waals surface area contributed by atoms with Crippen LogP contribution in [0.4, 0.5) is 0 Å². The summed E-state index contributed by atoms with van der Waals surface area (Å²) in [6.45, 7) is 1.28. The fourth-order valence-electron chi connectivity index (χ4n) is 1.49. The Morgan fingerprint density at radius 3 is 2.88 bits per heavy atom. The van der Waals surface area contributed by atoms with Crippen molar-refractivity contribution in [2.45, 2.75) is 18.9 Å². The largest absolute Gasteiger partial charge is 0.311 e. The lowest BCUT2D eigenvalue weighted by Gasteiger charge is -1.94. The Balaban J connectivity index is 1.70. The van der Waals surface area contributed by atoms with Crippen molar-refractivity contribution in [2.75, 3.05) is 6.54 Å². The lowest BCUT2D eigenvalue weighted by molar-refractivity contribution is 0.640. The summed E-state index contributed by atoms with van der Waals surface area (Å²) in [5.74, 6) is 0. The summed E-state index contributed by atoms with van der Waals surface area (Å²) in [4.78, 5) is 0. The second-order valence-corrected chi connectivity index (χ2v) is 3.31. The van der Waals surface area contributed by atoms with Crippen LogP contribution in [0.3, 0.4) is 0 Å². The molecular weight excluding hydrogens is 98.1 g/mol. The Bertz CT molecular complexity index is 179. The highest BCUT2D eigenvalue weighted by Crippen LogP contribution is 2.70. The molecule has 8 heavy (non-hydrogen) atoms. The molecule has 1 heterocycles. The van der Waals surface area contributed by atoms with Gasteiger partial charge in [0.2, 0.25) is 0 Å². The van der Waals surface area contributed by atoms with Crippen molar-refractivity contribution in [3.05, 3.63) is 11.6 Å². The van der Waals surface area contributed by atoms with Crippen molar-refractivity contribution in [1.29, 1.82) is 0 Å². The number of allylic oxidation sites excluding steroid dienone is 2. The molecule has 0 bridgehead atoms. The zero-order chi connectivity index (χ0) is 5.19. The van der Waals surface area contributed by atoms with Gasteiger partial charge in [-0.15, -0.1) is 0 Å². The van der Waals surface area contributed by atoms with Crippen LogP contribution >= 0.6 is 0 Å². The molecule has 2 atom stereocenters. The number of nitrogens with one attached hydrogen (secondary N) is 1. The van der Waals surface area contributed by atoms with Gasteiger partial charge in [-0.25, -0.2) is 0 Å². The SMILES string of the molecule is C1=C2CC12CC1CN1. The summed E-state index contributed by atoms with van der Waals surface area (Å²) in [7, 11) is 0. The molecule has 1 saturated heterocycles. The molecule has 42 valence electrons. The van der Waals surface area contributed by atoms with E-state index in [1.165, 1.54) is 19.4 Å². The van der Waals surface area contributed by atoms with Gasteiger partial charge >= 0.3 is 0 Å². The quantitative estimate of drug-likeness (QED) is 0.406. The molecule has 3 rings (SSSR count). The Kier molecular flexibility index (Phi) is 0.358. The summed E-state index contributed by atoms with van der Waals surface area (Å²) in [6.07, 6.45) is 5.28. The zero-order valence-electron chi connectivity index (χ0n) is 4.78.